The molecular formula is C17H27FIN3O. The summed E-state index contributed by atoms with van der Waals surface area (Å²) in [6, 6.07) is 5.11. The number of rotatable bonds is 5. The Hall–Kier alpha value is -0.890. The molecule has 1 unspecified atom stereocenters. The summed E-state index contributed by atoms with van der Waals surface area (Å²) >= 11 is 0. The van der Waals surface area contributed by atoms with E-state index in [9.17, 15) is 4.39 Å². The quantitative estimate of drug-likeness (QED) is 0.424. The molecule has 0 amide bonds. The summed E-state index contributed by atoms with van der Waals surface area (Å²) in [5.74, 6) is 0.588. The van der Waals surface area contributed by atoms with E-state index in [0.29, 0.717) is 12.1 Å². The second-order valence-corrected chi connectivity index (χ2v) is 6.03. The van der Waals surface area contributed by atoms with E-state index in [1.165, 1.54) is 6.07 Å². The Morgan fingerprint density at radius 1 is 1.39 bits per heavy atom. The molecule has 1 saturated heterocycles. The number of hydrogen-bond acceptors (Lipinski definition) is 2. The maximum absolute atomic E-state index is 13.3. The number of nitrogens with one attached hydrogen (secondary N) is 2. The summed E-state index contributed by atoms with van der Waals surface area (Å²) in [6.07, 6.45) is 2.18. The van der Waals surface area contributed by atoms with Crippen LogP contribution in [0.5, 0.6) is 0 Å². The fourth-order valence-corrected chi connectivity index (χ4v) is 2.56. The Balaban J connectivity index is 0.00000264. The first kappa shape index (κ1) is 20.2. The molecule has 1 aliphatic rings. The van der Waals surface area contributed by atoms with E-state index in [1.54, 1.807) is 13.0 Å². The number of benzene rings is 1. The van der Waals surface area contributed by atoms with Gasteiger partial charge < -0.3 is 15.4 Å². The molecule has 2 N–H and O–H groups in total. The number of aryl methyl sites for hydroxylation is 1. The van der Waals surface area contributed by atoms with E-state index < -0.39 is 0 Å². The van der Waals surface area contributed by atoms with Crippen molar-refractivity contribution in [1.29, 1.82) is 0 Å². The van der Waals surface area contributed by atoms with E-state index in [-0.39, 0.29) is 35.4 Å². The first-order chi connectivity index (χ1) is 10.5. The molecule has 2 rings (SSSR count). The SMILES string of the molecule is CCNC(=NCc1ccc(F)c(C)c1)NCC1(C)CCCO1.I. The standard InChI is InChI=1S/C17H26FN3O.HI/c1-4-19-16(21-12-17(3)8-5-9-22-17)20-11-14-6-7-15(18)13(2)10-14;/h6-7,10H,4-5,8-9,11-12H2,1-3H3,(H2,19,20,21);1H. The van der Waals surface area contributed by atoms with E-state index in [2.05, 4.69) is 22.5 Å². The molecule has 0 bridgehead atoms. The van der Waals surface area contributed by atoms with Gasteiger partial charge in [-0.25, -0.2) is 9.38 Å². The maximum atomic E-state index is 13.3. The van der Waals surface area contributed by atoms with Crippen molar-refractivity contribution >= 4 is 29.9 Å². The third kappa shape index (κ3) is 6.25. The number of halogens is 2. The van der Waals surface area contributed by atoms with Crippen LogP contribution in [0.25, 0.3) is 0 Å². The first-order valence-electron chi connectivity index (χ1n) is 7.93. The van der Waals surface area contributed by atoms with Crippen LogP contribution in [-0.4, -0.2) is 31.3 Å². The zero-order chi connectivity index (χ0) is 16.0. The summed E-state index contributed by atoms with van der Waals surface area (Å²) in [7, 11) is 0. The van der Waals surface area contributed by atoms with Gasteiger partial charge in [-0.2, -0.15) is 0 Å². The van der Waals surface area contributed by atoms with Gasteiger partial charge in [0.15, 0.2) is 5.96 Å². The molecule has 0 radical (unpaired) electrons. The van der Waals surface area contributed by atoms with Gasteiger partial charge in [0.25, 0.3) is 0 Å². The Morgan fingerprint density at radius 3 is 2.78 bits per heavy atom. The third-order valence-corrected chi connectivity index (χ3v) is 3.92. The first-order valence-corrected chi connectivity index (χ1v) is 7.93. The van der Waals surface area contributed by atoms with Crippen LogP contribution in [0.1, 0.15) is 37.8 Å². The Morgan fingerprint density at radius 2 is 2.17 bits per heavy atom. The fraction of sp³-hybridized carbons (Fsp3) is 0.588. The van der Waals surface area contributed by atoms with Crippen molar-refractivity contribution in [2.45, 2.75) is 45.8 Å². The molecule has 1 heterocycles. The van der Waals surface area contributed by atoms with Crippen LogP contribution in [-0.2, 0) is 11.3 Å². The molecule has 1 aromatic carbocycles. The molecule has 4 nitrogen and oxygen atoms in total. The van der Waals surface area contributed by atoms with E-state index in [0.717, 1.165) is 44.1 Å². The van der Waals surface area contributed by atoms with Crippen LogP contribution in [0.3, 0.4) is 0 Å². The largest absolute Gasteiger partial charge is 0.373 e. The molecule has 23 heavy (non-hydrogen) atoms. The monoisotopic (exact) mass is 435 g/mol. The van der Waals surface area contributed by atoms with Gasteiger partial charge in [-0.15, -0.1) is 24.0 Å². The molecule has 0 aromatic heterocycles. The minimum atomic E-state index is -0.177. The van der Waals surface area contributed by atoms with Crippen molar-refractivity contribution in [3.05, 3.63) is 35.1 Å². The van der Waals surface area contributed by atoms with Crippen molar-refractivity contribution in [1.82, 2.24) is 10.6 Å². The smallest absolute Gasteiger partial charge is 0.191 e. The van der Waals surface area contributed by atoms with Crippen LogP contribution in [0.4, 0.5) is 4.39 Å². The van der Waals surface area contributed by atoms with Gasteiger partial charge in [0.2, 0.25) is 0 Å². The van der Waals surface area contributed by atoms with Crippen LogP contribution in [0.2, 0.25) is 0 Å². The van der Waals surface area contributed by atoms with Gasteiger partial charge >= 0.3 is 0 Å². The molecule has 0 aliphatic carbocycles. The van der Waals surface area contributed by atoms with Gasteiger partial charge in [-0.05, 0) is 50.8 Å². The lowest BCUT2D eigenvalue weighted by molar-refractivity contribution is 0.0243. The maximum Gasteiger partial charge on any atom is 0.191 e. The summed E-state index contributed by atoms with van der Waals surface area (Å²) < 4.78 is 19.1. The predicted octanol–water partition coefficient (Wildman–Crippen LogP) is 3.38. The number of ether oxygens (including phenoxy) is 1. The van der Waals surface area contributed by atoms with Gasteiger partial charge in [0.05, 0.1) is 12.1 Å². The molecule has 1 fully saturated rings. The molecule has 130 valence electrons. The Bertz CT molecular complexity index is 531. The Labute approximate surface area is 155 Å². The number of hydrogen-bond donors (Lipinski definition) is 2. The molecule has 1 aliphatic heterocycles. The Kier molecular flexibility index (Phi) is 8.25. The van der Waals surface area contributed by atoms with Gasteiger partial charge in [-0.1, -0.05) is 12.1 Å². The molecule has 0 spiro atoms. The zero-order valence-electron chi connectivity index (χ0n) is 14.1. The van der Waals surface area contributed by atoms with Gasteiger partial charge in [0, 0.05) is 19.7 Å². The highest BCUT2D eigenvalue weighted by Crippen LogP contribution is 2.23. The second kappa shape index (κ2) is 9.42. The molecule has 1 atom stereocenters. The zero-order valence-corrected chi connectivity index (χ0v) is 16.4. The average Bonchev–Trinajstić information content (AvgIpc) is 2.93. The highest BCUT2D eigenvalue weighted by atomic mass is 127. The van der Waals surface area contributed by atoms with E-state index >= 15 is 0 Å². The number of aliphatic imine (C=N–C) groups is 1. The summed E-state index contributed by atoms with van der Waals surface area (Å²) in [5, 5.41) is 6.57. The topological polar surface area (TPSA) is 45.7 Å². The minimum absolute atomic E-state index is 0. The van der Waals surface area contributed by atoms with E-state index in [4.69, 9.17) is 4.74 Å². The summed E-state index contributed by atoms with van der Waals surface area (Å²) in [5.41, 5.74) is 1.54. The van der Waals surface area contributed by atoms with Crippen LogP contribution in [0, 0.1) is 12.7 Å². The molecule has 6 heteroatoms. The van der Waals surface area contributed by atoms with Crippen LogP contribution in [0.15, 0.2) is 23.2 Å². The fourth-order valence-electron chi connectivity index (χ4n) is 2.56. The van der Waals surface area contributed by atoms with Crippen molar-refractivity contribution in [3.63, 3.8) is 0 Å². The van der Waals surface area contributed by atoms with Crippen molar-refractivity contribution in [2.24, 2.45) is 4.99 Å². The van der Waals surface area contributed by atoms with Crippen molar-refractivity contribution in [2.75, 3.05) is 19.7 Å². The highest BCUT2D eigenvalue weighted by molar-refractivity contribution is 14.0. The van der Waals surface area contributed by atoms with Gasteiger partial charge in [-0.3, -0.25) is 0 Å². The number of guanidine groups is 1. The summed E-state index contributed by atoms with van der Waals surface area (Å²) in [6.45, 7) is 8.82. The van der Waals surface area contributed by atoms with E-state index in [1.807, 2.05) is 13.0 Å². The highest BCUT2D eigenvalue weighted by Gasteiger charge is 2.29. The lowest BCUT2D eigenvalue weighted by atomic mass is 10.0. The average molecular weight is 435 g/mol. The molecule has 0 saturated carbocycles. The van der Waals surface area contributed by atoms with Gasteiger partial charge in [0.1, 0.15) is 5.82 Å². The predicted molar refractivity (Wildman–Crippen MR) is 103 cm³/mol. The normalized spacial score (nSPS) is 21.0. The molecule has 1 aromatic rings. The van der Waals surface area contributed by atoms with Crippen molar-refractivity contribution in [3.8, 4) is 0 Å². The summed E-state index contributed by atoms with van der Waals surface area (Å²) in [4.78, 5) is 4.56. The molecular weight excluding hydrogens is 408 g/mol. The minimum Gasteiger partial charge on any atom is -0.373 e. The van der Waals surface area contributed by atoms with Crippen LogP contribution < -0.4 is 10.6 Å². The van der Waals surface area contributed by atoms with Crippen molar-refractivity contribution < 1.29 is 9.13 Å². The lowest BCUT2D eigenvalue weighted by Crippen LogP contribution is -2.45. The number of nitrogens with zero attached hydrogens (tertiary/aromatic N) is 1. The van der Waals surface area contributed by atoms with Crippen LogP contribution >= 0.6 is 24.0 Å². The third-order valence-electron chi connectivity index (χ3n) is 3.92. The lowest BCUT2D eigenvalue weighted by Gasteiger charge is -2.24. The second-order valence-electron chi connectivity index (χ2n) is 6.03.